The summed E-state index contributed by atoms with van der Waals surface area (Å²) in [6, 6.07) is 2.54. The Morgan fingerprint density at radius 1 is 1.47 bits per heavy atom. The molecule has 1 aliphatic rings. The highest BCUT2D eigenvalue weighted by Crippen LogP contribution is 2.25. The summed E-state index contributed by atoms with van der Waals surface area (Å²) in [4.78, 5) is 0. The number of rotatable bonds is 4. The van der Waals surface area contributed by atoms with Gasteiger partial charge in [-0.2, -0.15) is 23.5 Å². The molecule has 1 aliphatic heterocycles. The van der Waals surface area contributed by atoms with E-state index < -0.39 is 0 Å². The Bertz CT molecular complexity index is 358. The van der Waals surface area contributed by atoms with E-state index in [1.807, 2.05) is 13.8 Å². The molecule has 2 heterocycles. The third kappa shape index (κ3) is 3.70. The molecule has 0 radical (unpaired) electrons. The quantitative estimate of drug-likeness (QED) is 0.907. The molecule has 4 heteroatoms. The van der Waals surface area contributed by atoms with Crippen LogP contribution in [0.2, 0.25) is 0 Å². The van der Waals surface area contributed by atoms with Crippen molar-refractivity contribution in [1.82, 2.24) is 5.32 Å². The van der Waals surface area contributed by atoms with Gasteiger partial charge in [0.25, 0.3) is 0 Å². The van der Waals surface area contributed by atoms with Crippen LogP contribution in [0.1, 0.15) is 30.0 Å². The average molecular weight is 271 g/mol. The summed E-state index contributed by atoms with van der Waals surface area (Å²) in [6.45, 7) is 7.38. The van der Waals surface area contributed by atoms with E-state index >= 15 is 0 Å². The fourth-order valence-corrected chi connectivity index (χ4v) is 4.78. The molecule has 1 fully saturated rings. The topological polar surface area (TPSA) is 25.2 Å². The number of aryl methyl sites for hydroxylation is 2. The van der Waals surface area contributed by atoms with Crippen molar-refractivity contribution in [3.8, 4) is 0 Å². The monoisotopic (exact) mass is 271 g/mol. The van der Waals surface area contributed by atoms with Crippen LogP contribution in [-0.2, 0) is 0 Å². The SMILES string of the molecule is Cc1cc(C(C)NCC2CSCCS2)c(C)o1. The number of nitrogens with one attached hydrogen (secondary N) is 1. The van der Waals surface area contributed by atoms with E-state index in [9.17, 15) is 0 Å². The zero-order valence-electron chi connectivity index (χ0n) is 10.8. The molecule has 0 bridgehead atoms. The first-order valence-electron chi connectivity index (χ1n) is 6.16. The summed E-state index contributed by atoms with van der Waals surface area (Å²) in [7, 11) is 0. The third-order valence-electron chi connectivity index (χ3n) is 3.08. The van der Waals surface area contributed by atoms with Crippen molar-refractivity contribution in [1.29, 1.82) is 0 Å². The predicted molar refractivity (Wildman–Crippen MR) is 78.2 cm³/mol. The van der Waals surface area contributed by atoms with Gasteiger partial charge in [-0.1, -0.05) is 0 Å². The Balaban J connectivity index is 1.84. The third-order valence-corrected chi connectivity index (χ3v) is 5.93. The number of thioether (sulfide) groups is 2. The van der Waals surface area contributed by atoms with Crippen molar-refractivity contribution in [2.45, 2.75) is 32.1 Å². The molecule has 96 valence electrons. The molecule has 1 saturated heterocycles. The van der Waals surface area contributed by atoms with Crippen LogP contribution < -0.4 is 5.32 Å². The van der Waals surface area contributed by atoms with Crippen molar-refractivity contribution in [3.63, 3.8) is 0 Å². The lowest BCUT2D eigenvalue weighted by molar-refractivity contribution is 0.490. The zero-order valence-corrected chi connectivity index (χ0v) is 12.4. The first kappa shape index (κ1) is 13.4. The minimum atomic E-state index is 0.389. The van der Waals surface area contributed by atoms with Gasteiger partial charge in [0, 0.05) is 40.7 Å². The van der Waals surface area contributed by atoms with Gasteiger partial charge in [0.2, 0.25) is 0 Å². The van der Waals surface area contributed by atoms with Gasteiger partial charge in [-0.05, 0) is 26.8 Å². The molecular formula is C13H21NOS2. The summed E-state index contributed by atoms with van der Waals surface area (Å²) in [6.07, 6.45) is 0. The summed E-state index contributed by atoms with van der Waals surface area (Å²) >= 11 is 4.18. The van der Waals surface area contributed by atoms with Crippen molar-refractivity contribution in [3.05, 3.63) is 23.2 Å². The molecule has 1 N–H and O–H groups in total. The van der Waals surface area contributed by atoms with E-state index in [1.54, 1.807) is 0 Å². The van der Waals surface area contributed by atoms with Crippen LogP contribution in [0.15, 0.2) is 10.5 Å². The minimum Gasteiger partial charge on any atom is -0.466 e. The maximum atomic E-state index is 5.58. The highest BCUT2D eigenvalue weighted by molar-refractivity contribution is 8.06. The Hall–Kier alpha value is -0.0600. The van der Waals surface area contributed by atoms with Crippen LogP contribution in [0.25, 0.3) is 0 Å². The first-order valence-corrected chi connectivity index (χ1v) is 8.37. The van der Waals surface area contributed by atoms with Crippen molar-refractivity contribution in [2.75, 3.05) is 23.8 Å². The van der Waals surface area contributed by atoms with Crippen LogP contribution in [0.5, 0.6) is 0 Å². The van der Waals surface area contributed by atoms with Gasteiger partial charge in [-0.3, -0.25) is 0 Å². The molecule has 17 heavy (non-hydrogen) atoms. The molecule has 1 aromatic rings. The largest absolute Gasteiger partial charge is 0.466 e. The fraction of sp³-hybridized carbons (Fsp3) is 0.692. The van der Waals surface area contributed by atoms with E-state index in [1.165, 1.54) is 22.8 Å². The fourth-order valence-electron chi connectivity index (χ4n) is 2.15. The molecule has 1 aromatic heterocycles. The predicted octanol–water partition coefficient (Wildman–Crippen LogP) is 3.40. The lowest BCUT2D eigenvalue weighted by atomic mass is 10.1. The molecule has 2 rings (SSSR count). The van der Waals surface area contributed by atoms with Gasteiger partial charge in [0.1, 0.15) is 11.5 Å². The molecule has 2 nitrogen and oxygen atoms in total. The van der Waals surface area contributed by atoms with Gasteiger partial charge in [0.15, 0.2) is 0 Å². The second-order valence-electron chi connectivity index (χ2n) is 4.57. The number of furan rings is 1. The second kappa shape index (κ2) is 6.21. The lowest BCUT2D eigenvalue weighted by Gasteiger charge is -2.23. The second-order valence-corrected chi connectivity index (χ2v) is 7.12. The summed E-state index contributed by atoms with van der Waals surface area (Å²) < 4.78 is 5.58. The van der Waals surface area contributed by atoms with Gasteiger partial charge < -0.3 is 9.73 Å². The van der Waals surface area contributed by atoms with Crippen molar-refractivity contribution >= 4 is 23.5 Å². The molecule has 2 unspecified atom stereocenters. The Morgan fingerprint density at radius 3 is 2.88 bits per heavy atom. The molecule has 0 aromatic carbocycles. The van der Waals surface area contributed by atoms with Gasteiger partial charge in [-0.25, -0.2) is 0 Å². The van der Waals surface area contributed by atoms with E-state index in [0.29, 0.717) is 6.04 Å². The van der Waals surface area contributed by atoms with Crippen LogP contribution >= 0.6 is 23.5 Å². The molecule has 2 atom stereocenters. The van der Waals surface area contributed by atoms with Gasteiger partial charge in [-0.15, -0.1) is 0 Å². The number of hydrogen-bond donors (Lipinski definition) is 1. The average Bonchev–Trinajstić information content (AvgIpc) is 2.67. The van der Waals surface area contributed by atoms with Crippen molar-refractivity contribution in [2.24, 2.45) is 0 Å². The Labute approximate surface area is 112 Å². The minimum absolute atomic E-state index is 0.389. The normalized spacial score (nSPS) is 22.6. The molecule has 0 aliphatic carbocycles. The molecule has 0 amide bonds. The van der Waals surface area contributed by atoms with Crippen LogP contribution in [0, 0.1) is 13.8 Å². The molecular weight excluding hydrogens is 250 g/mol. The maximum Gasteiger partial charge on any atom is 0.105 e. The van der Waals surface area contributed by atoms with E-state index in [-0.39, 0.29) is 0 Å². The van der Waals surface area contributed by atoms with Crippen molar-refractivity contribution < 1.29 is 4.42 Å². The lowest BCUT2D eigenvalue weighted by Crippen LogP contribution is -2.30. The van der Waals surface area contributed by atoms with Gasteiger partial charge >= 0.3 is 0 Å². The highest BCUT2D eigenvalue weighted by Gasteiger charge is 2.17. The van der Waals surface area contributed by atoms with Gasteiger partial charge in [0.05, 0.1) is 0 Å². The maximum absolute atomic E-state index is 5.58. The smallest absolute Gasteiger partial charge is 0.105 e. The van der Waals surface area contributed by atoms with E-state index in [2.05, 4.69) is 41.8 Å². The summed E-state index contributed by atoms with van der Waals surface area (Å²) in [5.74, 6) is 5.96. The van der Waals surface area contributed by atoms with Crippen LogP contribution in [-0.4, -0.2) is 29.1 Å². The molecule has 0 saturated carbocycles. The first-order chi connectivity index (χ1) is 8.16. The zero-order chi connectivity index (χ0) is 12.3. The summed E-state index contributed by atoms with van der Waals surface area (Å²) in [5.41, 5.74) is 1.30. The van der Waals surface area contributed by atoms with E-state index in [0.717, 1.165) is 23.3 Å². The standard InChI is InChI=1S/C13H21NOS2/c1-9-6-13(11(3)15-9)10(2)14-7-12-8-16-4-5-17-12/h6,10,12,14H,4-5,7-8H2,1-3H3. The highest BCUT2D eigenvalue weighted by atomic mass is 32.2. The van der Waals surface area contributed by atoms with E-state index in [4.69, 9.17) is 4.42 Å². The number of hydrogen-bond acceptors (Lipinski definition) is 4. The Kier molecular flexibility index (Phi) is 4.88. The van der Waals surface area contributed by atoms with Crippen LogP contribution in [0.3, 0.4) is 0 Å². The van der Waals surface area contributed by atoms with Crippen LogP contribution in [0.4, 0.5) is 0 Å². The molecule has 0 spiro atoms. The summed E-state index contributed by atoms with van der Waals surface area (Å²) in [5, 5.41) is 4.40. The Morgan fingerprint density at radius 2 is 2.29 bits per heavy atom.